The summed E-state index contributed by atoms with van der Waals surface area (Å²) in [7, 11) is 1.61. The lowest BCUT2D eigenvalue weighted by atomic mass is 10.1. The topological polar surface area (TPSA) is 75.3 Å². The number of anilines is 1. The van der Waals surface area contributed by atoms with Crippen molar-refractivity contribution in [2.24, 2.45) is 0 Å². The summed E-state index contributed by atoms with van der Waals surface area (Å²) in [5.41, 5.74) is 2.26. The largest absolute Gasteiger partial charge is 0.497 e. The highest BCUT2D eigenvalue weighted by Crippen LogP contribution is 2.22. The Balaban J connectivity index is 1.55. The Hall–Kier alpha value is -3.93. The van der Waals surface area contributed by atoms with Crippen LogP contribution in [0.5, 0.6) is 5.75 Å². The van der Waals surface area contributed by atoms with Crippen LogP contribution in [0.2, 0.25) is 0 Å². The summed E-state index contributed by atoms with van der Waals surface area (Å²) in [4.78, 5) is 34.5. The molecule has 0 saturated heterocycles. The van der Waals surface area contributed by atoms with Crippen LogP contribution in [-0.4, -0.2) is 23.0 Å². The van der Waals surface area contributed by atoms with Crippen molar-refractivity contribution < 1.29 is 9.53 Å². The highest BCUT2D eigenvalue weighted by Gasteiger charge is 2.17. The van der Waals surface area contributed by atoms with Gasteiger partial charge in [-0.1, -0.05) is 42.5 Å². The van der Waals surface area contributed by atoms with Gasteiger partial charge in [0.15, 0.2) is 0 Å². The zero-order valence-electron chi connectivity index (χ0n) is 17.2. The number of aromatic nitrogens is 2. The van der Waals surface area contributed by atoms with E-state index in [1.165, 1.54) is 0 Å². The van der Waals surface area contributed by atoms with E-state index >= 15 is 0 Å². The Bertz CT molecular complexity index is 1230. The van der Waals surface area contributed by atoms with Gasteiger partial charge < -0.3 is 14.6 Å². The molecule has 3 aromatic carbocycles. The minimum absolute atomic E-state index is 0.0511. The number of aromatic amines is 1. The first kappa shape index (κ1) is 20.3. The lowest BCUT2D eigenvalue weighted by molar-refractivity contribution is -0.118. The fourth-order valence-corrected chi connectivity index (χ4v) is 3.47. The number of ether oxygens (including phenoxy) is 1. The van der Waals surface area contributed by atoms with E-state index in [-0.39, 0.29) is 17.9 Å². The molecule has 6 nitrogen and oxygen atoms in total. The van der Waals surface area contributed by atoms with Crippen molar-refractivity contribution in [1.29, 1.82) is 0 Å². The van der Waals surface area contributed by atoms with E-state index in [4.69, 9.17) is 4.74 Å². The van der Waals surface area contributed by atoms with Gasteiger partial charge in [-0.25, -0.2) is 4.98 Å². The second-order valence-corrected chi connectivity index (χ2v) is 7.19. The highest BCUT2D eigenvalue weighted by molar-refractivity contribution is 5.93. The third-order valence-electron chi connectivity index (χ3n) is 5.11. The summed E-state index contributed by atoms with van der Waals surface area (Å²) in [6.45, 7) is 0.452. The number of hydrogen-bond acceptors (Lipinski definition) is 4. The van der Waals surface area contributed by atoms with Crippen molar-refractivity contribution in [2.75, 3.05) is 12.0 Å². The second kappa shape index (κ2) is 9.26. The second-order valence-electron chi connectivity index (χ2n) is 7.19. The summed E-state index contributed by atoms with van der Waals surface area (Å²) in [5.74, 6) is 1.19. The number of benzene rings is 3. The number of carbonyl (C=O) groups is 1. The minimum Gasteiger partial charge on any atom is -0.497 e. The van der Waals surface area contributed by atoms with Crippen LogP contribution < -0.4 is 15.2 Å². The molecule has 0 spiro atoms. The van der Waals surface area contributed by atoms with Gasteiger partial charge >= 0.3 is 0 Å². The average molecular weight is 413 g/mol. The number of nitrogens with zero attached hydrogens (tertiary/aromatic N) is 2. The molecule has 1 N–H and O–H groups in total. The van der Waals surface area contributed by atoms with Crippen LogP contribution in [0.15, 0.2) is 83.7 Å². The molecule has 0 fully saturated rings. The summed E-state index contributed by atoms with van der Waals surface area (Å²) < 4.78 is 5.23. The van der Waals surface area contributed by atoms with E-state index in [0.717, 1.165) is 17.0 Å². The lowest BCUT2D eigenvalue weighted by Gasteiger charge is -2.23. The number of methoxy groups -OCH3 is 1. The summed E-state index contributed by atoms with van der Waals surface area (Å²) in [6.07, 6.45) is 0.570. The van der Waals surface area contributed by atoms with Crippen LogP contribution in [0.25, 0.3) is 10.9 Å². The Kier molecular flexibility index (Phi) is 6.08. The van der Waals surface area contributed by atoms with Crippen molar-refractivity contribution in [3.63, 3.8) is 0 Å². The summed E-state index contributed by atoms with van der Waals surface area (Å²) >= 11 is 0. The molecule has 0 aliphatic heterocycles. The van der Waals surface area contributed by atoms with Crippen LogP contribution in [0.3, 0.4) is 0 Å². The third-order valence-corrected chi connectivity index (χ3v) is 5.11. The van der Waals surface area contributed by atoms with Crippen molar-refractivity contribution in [2.45, 2.75) is 19.4 Å². The maximum Gasteiger partial charge on any atom is 0.258 e. The van der Waals surface area contributed by atoms with Crippen LogP contribution in [0.4, 0.5) is 5.69 Å². The molecule has 1 aromatic heterocycles. The van der Waals surface area contributed by atoms with E-state index in [2.05, 4.69) is 9.97 Å². The lowest BCUT2D eigenvalue weighted by Crippen LogP contribution is -2.30. The van der Waals surface area contributed by atoms with Crippen molar-refractivity contribution >= 4 is 22.5 Å². The molecular formula is C25H23N3O3. The van der Waals surface area contributed by atoms with Gasteiger partial charge in [0.1, 0.15) is 11.6 Å². The number of aryl methyl sites for hydroxylation is 1. The molecule has 6 heteroatoms. The van der Waals surface area contributed by atoms with Gasteiger partial charge in [0.05, 0.1) is 24.6 Å². The maximum atomic E-state index is 13.2. The molecule has 0 aliphatic carbocycles. The van der Waals surface area contributed by atoms with Gasteiger partial charge in [-0.3, -0.25) is 9.59 Å². The Morgan fingerprint density at radius 2 is 1.68 bits per heavy atom. The fraction of sp³-hybridized carbons (Fsp3) is 0.160. The summed E-state index contributed by atoms with van der Waals surface area (Å²) in [5, 5.41) is 0.543. The van der Waals surface area contributed by atoms with E-state index < -0.39 is 0 Å². The van der Waals surface area contributed by atoms with E-state index in [9.17, 15) is 9.59 Å². The van der Waals surface area contributed by atoms with Crippen molar-refractivity contribution in [1.82, 2.24) is 9.97 Å². The predicted molar refractivity (Wildman–Crippen MR) is 121 cm³/mol. The number of nitrogens with one attached hydrogen (secondary N) is 1. The normalized spacial score (nSPS) is 10.7. The molecule has 0 radical (unpaired) electrons. The molecule has 0 aliphatic rings. The van der Waals surface area contributed by atoms with Crippen LogP contribution in [-0.2, 0) is 17.8 Å². The first-order valence-electron chi connectivity index (χ1n) is 10.1. The SMILES string of the molecule is COc1ccc(N(Cc2ccccc2)C(=O)CCc2nc3ccccc3c(=O)[nH]2)cc1. The van der Waals surface area contributed by atoms with Gasteiger partial charge in [-0.15, -0.1) is 0 Å². The summed E-state index contributed by atoms with van der Waals surface area (Å²) in [6, 6.07) is 24.4. The smallest absolute Gasteiger partial charge is 0.258 e. The molecule has 4 aromatic rings. The van der Waals surface area contributed by atoms with Gasteiger partial charge in [0.25, 0.3) is 5.56 Å². The molecule has 1 amide bonds. The molecule has 0 atom stereocenters. The van der Waals surface area contributed by atoms with E-state index in [0.29, 0.717) is 29.7 Å². The first-order chi connectivity index (χ1) is 15.1. The monoisotopic (exact) mass is 413 g/mol. The van der Waals surface area contributed by atoms with Crippen molar-refractivity contribution in [3.05, 3.63) is 101 Å². The van der Waals surface area contributed by atoms with Gasteiger partial charge in [-0.05, 0) is 42.0 Å². The molecule has 4 rings (SSSR count). The van der Waals surface area contributed by atoms with Crippen LogP contribution in [0.1, 0.15) is 17.8 Å². The number of rotatable bonds is 7. The standard InChI is InChI=1S/C25H23N3O3/c1-31-20-13-11-19(12-14-20)28(17-18-7-3-2-4-8-18)24(29)16-15-23-26-22-10-6-5-9-21(22)25(30)27-23/h2-14H,15-17H2,1H3,(H,26,27,30). The van der Waals surface area contributed by atoms with Crippen LogP contribution in [0, 0.1) is 0 Å². The van der Waals surface area contributed by atoms with E-state index in [1.807, 2.05) is 60.7 Å². The third kappa shape index (κ3) is 4.80. The molecule has 0 unspecified atom stereocenters. The number of hydrogen-bond donors (Lipinski definition) is 1. The molecule has 0 saturated carbocycles. The zero-order valence-corrected chi connectivity index (χ0v) is 17.2. The van der Waals surface area contributed by atoms with Gasteiger partial charge in [-0.2, -0.15) is 0 Å². The van der Waals surface area contributed by atoms with Gasteiger partial charge in [0, 0.05) is 18.5 Å². The average Bonchev–Trinajstić information content (AvgIpc) is 2.82. The van der Waals surface area contributed by atoms with Crippen molar-refractivity contribution in [3.8, 4) is 5.75 Å². The Morgan fingerprint density at radius 1 is 0.968 bits per heavy atom. The number of H-pyrrole nitrogens is 1. The first-order valence-corrected chi connectivity index (χ1v) is 10.1. The minimum atomic E-state index is -0.190. The number of para-hydroxylation sites is 1. The predicted octanol–water partition coefficient (Wildman–Crippen LogP) is 4.10. The van der Waals surface area contributed by atoms with Crippen LogP contribution >= 0.6 is 0 Å². The number of fused-ring (bicyclic) bond motifs is 1. The Morgan fingerprint density at radius 3 is 2.42 bits per heavy atom. The van der Waals surface area contributed by atoms with Gasteiger partial charge in [0.2, 0.25) is 5.91 Å². The maximum absolute atomic E-state index is 13.2. The molecular weight excluding hydrogens is 390 g/mol. The molecule has 31 heavy (non-hydrogen) atoms. The van der Waals surface area contributed by atoms with E-state index in [1.54, 1.807) is 30.2 Å². The molecule has 0 bridgehead atoms. The molecule has 1 heterocycles. The number of amides is 1. The zero-order chi connectivity index (χ0) is 21.6. The number of carbonyl (C=O) groups excluding carboxylic acids is 1. The highest BCUT2D eigenvalue weighted by atomic mass is 16.5. The molecule has 156 valence electrons. The Labute approximate surface area is 180 Å². The fourth-order valence-electron chi connectivity index (χ4n) is 3.47. The quantitative estimate of drug-likeness (QED) is 0.495.